The molecule has 9 nitrogen and oxygen atoms in total. The summed E-state index contributed by atoms with van der Waals surface area (Å²) in [5.74, 6) is 1.15. The number of carbonyl (C=O) groups excluding carboxylic acids is 1. The van der Waals surface area contributed by atoms with Gasteiger partial charge in [-0.15, -0.1) is 0 Å². The van der Waals surface area contributed by atoms with Crippen LogP contribution in [0, 0.1) is 25.2 Å². The van der Waals surface area contributed by atoms with Gasteiger partial charge in [-0.2, -0.15) is 14.6 Å². The molecule has 4 rings (SSSR count). The second-order valence-corrected chi connectivity index (χ2v) is 8.52. The molecule has 1 amide bonds. The van der Waals surface area contributed by atoms with E-state index in [0.29, 0.717) is 19.0 Å². The molecule has 2 N–H and O–H groups in total. The minimum absolute atomic E-state index is 0.120. The van der Waals surface area contributed by atoms with Crippen LogP contribution < -0.4 is 15.5 Å². The summed E-state index contributed by atoms with van der Waals surface area (Å²) in [6.45, 7) is 4.90. The number of anilines is 3. The highest BCUT2D eigenvalue weighted by atomic mass is 32.1. The summed E-state index contributed by atoms with van der Waals surface area (Å²) in [6.07, 6.45) is 5.58. The van der Waals surface area contributed by atoms with Gasteiger partial charge in [-0.05, 0) is 43.1 Å². The number of aryl methyl sites for hydroxylation is 2. The molecule has 1 aliphatic rings. The van der Waals surface area contributed by atoms with Crippen molar-refractivity contribution in [3.05, 3.63) is 53.6 Å². The van der Waals surface area contributed by atoms with E-state index in [2.05, 4.69) is 40.9 Å². The first-order valence-electron chi connectivity index (χ1n) is 9.82. The Morgan fingerprint density at radius 2 is 2.19 bits per heavy atom. The van der Waals surface area contributed by atoms with Crippen LogP contribution in [0.4, 0.5) is 16.8 Å². The molecule has 3 aromatic rings. The second-order valence-electron chi connectivity index (χ2n) is 7.72. The highest BCUT2D eigenvalue weighted by Crippen LogP contribution is 2.32. The lowest BCUT2D eigenvalue weighted by Crippen LogP contribution is -2.70. The SMILES string of the molecule is Cc1cc(Nc2ncc(C)c(N3CC(CC#N)(NC(=O)Cc4cccnc4)C3)n2)sn1. The minimum atomic E-state index is -0.589. The number of nitrogens with one attached hydrogen (secondary N) is 2. The Kier molecular flexibility index (Phi) is 5.77. The zero-order chi connectivity index (χ0) is 21.8. The number of hydrogen-bond donors (Lipinski definition) is 2. The maximum atomic E-state index is 12.6. The highest BCUT2D eigenvalue weighted by Gasteiger charge is 2.45. The molecule has 1 fully saturated rings. The number of amides is 1. The lowest BCUT2D eigenvalue weighted by atomic mass is 9.86. The van der Waals surface area contributed by atoms with Crippen LogP contribution in [0.5, 0.6) is 0 Å². The number of pyridine rings is 1. The van der Waals surface area contributed by atoms with Crippen molar-refractivity contribution < 1.29 is 4.79 Å². The van der Waals surface area contributed by atoms with Crippen LogP contribution in [0.3, 0.4) is 0 Å². The van der Waals surface area contributed by atoms with Crippen molar-refractivity contribution in [1.29, 1.82) is 5.26 Å². The lowest BCUT2D eigenvalue weighted by molar-refractivity contribution is -0.122. The first kappa shape index (κ1) is 20.7. The molecular formula is C21H22N8OS. The van der Waals surface area contributed by atoms with Gasteiger partial charge in [0.15, 0.2) is 0 Å². The Morgan fingerprint density at radius 1 is 1.35 bits per heavy atom. The second kappa shape index (κ2) is 8.65. The fourth-order valence-electron chi connectivity index (χ4n) is 3.59. The Morgan fingerprint density at radius 3 is 2.87 bits per heavy atom. The van der Waals surface area contributed by atoms with Gasteiger partial charge in [0.05, 0.1) is 30.1 Å². The Labute approximate surface area is 184 Å². The quantitative estimate of drug-likeness (QED) is 0.582. The van der Waals surface area contributed by atoms with E-state index in [4.69, 9.17) is 0 Å². The maximum Gasteiger partial charge on any atom is 0.229 e. The number of aromatic nitrogens is 4. The predicted octanol–water partition coefficient (Wildman–Crippen LogP) is 2.52. The molecule has 0 unspecified atom stereocenters. The van der Waals surface area contributed by atoms with E-state index in [1.54, 1.807) is 24.7 Å². The molecule has 4 heterocycles. The Hall–Kier alpha value is -3.58. The van der Waals surface area contributed by atoms with Gasteiger partial charge in [0, 0.05) is 37.2 Å². The van der Waals surface area contributed by atoms with Crippen molar-refractivity contribution in [2.24, 2.45) is 0 Å². The van der Waals surface area contributed by atoms with E-state index in [1.165, 1.54) is 11.5 Å². The topological polar surface area (TPSA) is 120 Å². The summed E-state index contributed by atoms with van der Waals surface area (Å²) in [5, 5.41) is 16.4. The van der Waals surface area contributed by atoms with Crippen molar-refractivity contribution >= 4 is 34.2 Å². The summed E-state index contributed by atoms with van der Waals surface area (Å²) in [5.41, 5.74) is 2.11. The largest absolute Gasteiger partial charge is 0.351 e. The van der Waals surface area contributed by atoms with Crippen LogP contribution in [-0.2, 0) is 11.2 Å². The van der Waals surface area contributed by atoms with Gasteiger partial charge < -0.3 is 15.5 Å². The number of hydrogen-bond acceptors (Lipinski definition) is 9. The van der Waals surface area contributed by atoms with Gasteiger partial charge in [0.25, 0.3) is 0 Å². The molecule has 10 heteroatoms. The number of carbonyl (C=O) groups is 1. The fraction of sp³-hybridized carbons (Fsp3) is 0.333. The Bertz CT molecular complexity index is 1120. The van der Waals surface area contributed by atoms with E-state index >= 15 is 0 Å². The van der Waals surface area contributed by atoms with Gasteiger partial charge in [-0.3, -0.25) is 9.78 Å². The van der Waals surface area contributed by atoms with Crippen molar-refractivity contribution in [2.45, 2.75) is 32.2 Å². The third-order valence-electron chi connectivity index (χ3n) is 5.00. The standard InChI is InChI=1S/C21H22N8OS/c1-14-10-24-20(25-18-8-15(2)28-31-18)26-19(14)29-12-21(13-29,5-6-22)27-17(30)9-16-4-3-7-23-11-16/h3-4,7-8,10-11H,5,9,12-13H2,1-2H3,(H,27,30)(H,24,25,26). The fourth-order valence-corrected chi connectivity index (χ4v) is 4.25. The highest BCUT2D eigenvalue weighted by molar-refractivity contribution is 7.10. The monoisotopic (exact) mass is 434 g/mol. The smallest absolute Gasteiger partial charge is 0.229 e. The van der Waals surface area contributed by atoms with Crippen molar-refractivity contribution in [3.63, 3.8) is 0 Å². The van der Waals surface area contributed by atoms with E-state index in [0.717, 1.165) is 27.6 Å². The predicted molar refractivity (Wildman–Crippen MR) is 118 cm³/mol. The zero-order valence-electron chi connectivity index (χ0n) is 17.3. The van der Waals surface area contributed by atoms with Crippen LogP contribution in [0.25, 0.3) is 0 Å². The zero-order valence-corrected chi connectivity index (χ0v) is 18.1. The molecule has 0 bridgehead atoms. The van der Waals surface area contributed by atoms with Crippen LogP contribution in [0.1, 0.15) is 23.2 Å². The van der Waals surface area contributed by atoms with Crippen LogP contribution in [-0.4, -0.2) is 43.9 Å². The maximum absolute atomic E-state index is 12.6. The normalized spacial score (nSPS) is 14.4. The van der Waals surface area contributed by atoms with E-state index in [9.17, 15) is 10.1 Å². The van der Waals surface area contributed by atoms with E-state index in [1.807, 2.05) is 26.0 Å². The number of nitriles is 1. The summed E-state index contributed by atoms with van der Waals surface area (Å²) >= 11 is 1.35. The molecule has 158 valence electrons. The molecule has 3 aromatic heterocycles. The molecule has 0 aliphatic carbocycles. The van der Waals surface area contributed by atoms with Gasteiger partial charge >= 0.3 is 0 Å². The minimum Gasteiger partial charge on any atom is -0.351 e. The van der Waals surface area contributed by atoms with Gasteiger partial charge in [0.2, 0.25) is 11.9 Å². The molecule has 0 spiro atoms. The molecule has 0 atom stereocenters. The molecule has 0 saturated carbocycles. The molecule has 0 aromatic carbocycles. The number of nitrogens with zero attached hydrogens (tertiary/aromatic N) is 6. The van der Waals surface area contributed by atoms with Crippen molar-refractivity contribution in [2.75, 3.05) is 23.3 Å². The van der Waals surface area contributed by atoms with E-state index in [-0.39, 0.29) is 18.7 Å². The molecular weight excluding hydrogens is 412 g/mol. The van der Waals surface area contributed by atoms with Gasteiger partial charge in [-0.1, -0.05) is 6.07 Å². The average molecular weight is 435 g/mol. The molecule has 31 heavy (non-hydrogen) atoms. The third kappa shape index (κ3) is 4.78. The number of rotatable bonds is 7. The molecule has 1 saturated heterocycles. The van der Waals surface area contributed by atoms with Crippen molar-refractivity contribution in [3.8, 4) is 6.07 Å². The van der Waals surface area contributed by atoms with Crippen LogP contribution in [0.15, 0.2) is 36.8 Å². The van der Waals surface area contributed by atoms with Crippen LogP contribution in [0.2, 0.25) is 0 Å². The summed E-state index contributed by atoms with van der Waals surface area (Å²) in [6, 6.07) is 7.81. The lowest BCUT2D eigenvalue weighted by Gasteiger charge is -2.50. The Balaban J connectivity index is 1.44. The van der Waals surface area contributed by atoms with Crippen LogP contribution >= 0.6 is 11.5 Å². The summed E-state index contributed by atoms with van der Waals surface area (Å²) in [4.78, 5) is 27.7. The summed E-state index contributed by atoms with van der Waals surface area (Å²) in [7, 11) is 0. The molecule has 0 radical (unpaired) electrons. The first-order valence-corrected chi connectivity index (χ1v) is 10.6. The first-order chi connectivity index (χ1) is 15.0. The third-order valence-corrected chi connectivity index (χ3v) is 5.80. The average Bonchev–Trinajstić information content (AvgIpc) is 3.12. The van der Waals surface area contributed by atoms with Gasteiger partial charge in [-0.25, -0.2) is 4.98 Å². The van der Waals surface area contributed by atoms with E-state index < -0.39 is 5.54 Å². The van der Waals surface area contributed by atoms with Crippen molar-refractivity contribution in [1.82, 2.24) is 24.6 Å². The van der Waals surface area contributed by atoms with Gasteiger partial charge in [0.1, 0.15) is 10.8 Å². The molecule has 1 aliphatic heterocycles. The summed E-state index contributed by atoms with van der Waals surface area (Å²) < 4.78 is 4.25.